The van der Waals surface area contributed by atoms with E-state index in [-0.39, 0.29) is 5.91 Å². The summed E-state index contributed by atoms with van der Waals surface area (Å²) in [5.41, 5.74) is 5.60. The van der Waals surface area contributed by atoms with Crippen LogP contribution in [0.5, 0.6) is 0 Å². The van der Waals surface area contributed by atoms with Gasteiger partial charge < -0.3 is 19.8 Å². The van der Waals surface area contributed by atoms with Crippen LogP contribution in [-0.4, -0.2) is 37.1 Å². The van der Waals surface area contributed by atoms with Crippen LogP contribution < -0.4 is 5.73 Å². The van der Waals surface area contributed by atoms with Crippen LogP contribution >= 0.6 is 0 Å². The Kier molecular flexibility index (Phi) is 5.18. The second-order valence-electron chi connectivity index (χ2n) is 4.05. The Balaban J connectivity index is 2.66. The van der Waals surface area contributed by atoms with Gasteiger partial charge in [-0.25, -0.2) is 0 Å². The highest BCUT2D eigenvalue weighted by molar-refractivity contribution is 5.81. The molecule has 17 heavy (non-hydrogen) atoms. The molecule has 2 N–H and O–H groups in total. The monoisotopic (exact) mass is 240 g/mol. The molecular formula is C12H20N2O3. The molecule has 1 rings (SSSR count). The fourth-order valence-corrected chi connectivity index (χ4v) is 1.51. The molecule has 0 aliphatic carbocycles. The third-order valence-corrected chi connectivity index (χ3v) is 2.41. The van der Waals surface area contributed by atoms with Crippen molar-refractivity contribution in [3.8, 4) is 0 Å². The summed E-state index contributed by atoms with van der Waals surface area (Å²) in [4.78, 5) is 13.5. The summed E-state index contributed by atoms with van der Waals surface area (Å²) in [6.07, 6.45) is 0. The van der Waals surface area contributed by atoms with Gasteiger partial charge in [-0.3, -0.25) is 4.79 Å². The van der Waals surface area contributed by atoms with Crippen molar-refractivity contribution in [2.24, 2.45) is 5.73 Å². The molecule has 1 unspecified atom stereocenters. The van der Waals surface area contributed by atoms with Crippen LogP contribution in [0.15, 0.2) is 16.5 Å². The van der Waals surface area contributed by atoms with Gasteiger partial charge in [0, 0.05) is 13.7 Å². The summed E-state index contributed by atoms with van der Waals surface area (Å²) in [6.45, 7) is 4.97. The minimum Gasteiger partial charge on any atom is -0.464 e. The fraction of sp³-hybridized carbons (Fsp3) is 0.583. The van der Waals surface area contributed by atoms with E-state index in [9.17, 15) is 4.79 Å². The van der Waals surface area contributed by atoms with Crippen LogP contribution in [0, 0.1) is 6.92 Å². The zero-order chi connectivity index (χ0) is 12.8. The van der Waals surface area contributed by atoms with E-state index in [4.69, 9.17) is 14.9 Å². The van der Waals surface area contributed by atoms with Crippen molar-refractivity contribution >= 4 is 5.91 Å². The number of methoxy groups -OCH3 is 1. The predicted molar refractivity (Wildman–Crippen MR) is 64.4 cm³/mol. The Labute approximate surface area is 102 Å². The predicted octanol–water partition coefficient (Wildman–Crippen LogP) is 0.910. The molecule has 1 aromatic rings. The first-order chi connectivity index (χ1) is 8.04. The van der Waals surface area contributed by atoms with Crippen molar-refractivity contribution in [1.29, 1.82) is 0 Å². The molecule has 0 bridgehead atoms. The van der Waals surface area contributed by atoms with Crippen LogP contribution in [0.2, 0.25) is 0 Å². The highest BCUT2D eigenvalue weighted by atomic mass is 16.5. The molecule has 5 heteroatoms. The molecule has 0 saturated carbocycles. The molecule has 0 saturated heterocycles. The van der Waals surface area contributed by atoms with Crippen molar-refractivity contribution in [3.05, 3.63) is 23.7 Å². The number of amides is 1. The zero-order valence-electron chi connectivity index (χ0n) is 10.6. The number of nitrogens with zero attached hydrogens (tertiary/aromatic N) is 1. The zero-order valence-corrected chi connectivity index (χ0v) is 10.6. The van der Waals surface area contributed by atoms with Crippen LogP contribution in [0.1, 0.15) is 18.4 Å². The number of nitrogens with two attached hydrogens (primary N) is 1. The van der Waals surface area contributed by atoms with Gasteiger partial charge in [0.2, 0.25) is 5.91 Å². The van der Waals surface area contributed by atoms with Gasteiger partial charge in [0.05, 0.1) is 19.2 Å². The maximum absolute atomic E-state index is 11.9. The van der Waals surface area contributed by atoms with Crippen LogP contribution in [0.3, 0.4) is 0 Å². The van der Waals surface area contributed by atoms with Gasteiger partial charge in [0.15, 0.2) is 0 Å². The van der Waals surface area contributed by atoms with Crippen LogP contribution in [-0.2, 0) is 16.1 Å². The number of carbonyl (C=O) groups excluding carboxylic acids is 1. The molecule has 5 nitrogen and oxygen atoms in total. The third kappa shape index (κ3) is 4.20. The summed E-state index contributed by atoms with van der Waals surface area (Å²) in [5.74, 6) is 1.49. The smallest absolute Gasteiger partial charge is 0.239 e. The quantitative estimate of drug-likeness (QED) is 0.802. The Bertz CT molecular complexity index is 360. The number of ether oxygens (including phenoxy) is 1. The van der Waals surface area contributed by atoms with E-state index < -0.39 is 6.04 Å². The van der Waals surface area contributed by atoms with E-state index in [1.807, 2.05) is 19.1 Å². The van der Waals surface area contributed by atoms with Gasteiger partial charge >= 0.3 is 0 Å². The number of rotatable bonds is 6. The van der Waals surface area contributed by atoms with Gasteiger partial charge in [-0.1, -0.05) is 0 Å². The summed E-state index contributed by atoms with van der Waals surface area (Å²) < 4.78 is 10.4. The second-order valence-corrected chi connectivity index (χ2v) is 4.05. The normalized spacial score (nSPS) is 12.5. The molecule has 96 valence electrons. The van der Waals surface area contributed by atoms with Crippen molar-refractivity contribution in [2.75, 3.05) is 20.3 Å². The van der Waals surface area contributed by atoms with Crippen molar-refractivity contribution < 1.29 is 13.9 Å². The average Bonchev–Trinajstić information content (AvgIpc) is 2.69. The van der Waals surface area contributed by atoms with Crippen molar-refractivity contribution in [2.45, 2.75) is 26.4 Å². The standard InChI is InChI=1S/C12H20N2O3/c1-9-4-5-11(17-9)8-14(6-7-16-3)12(15)10(2)13/h4-5,10H,6-8,13H2,1-3H3. The number of carbonyl (C=O) groups is 1. The lowest BCUT2D eigenvalue weighted by Gasteiger charge is -2.23. The van der Waals surface area contributed by atoms with E-state index >= 15 is 0 Å². The molecule has 0 radical (unpaired) electrons. The summed E-state index contributed by atoms with van der Waals surface area (Å²) in [6, 6.07) is 3.23. The number of aryl methyl sites for hydroxylation is 1. The summed E-state index contributed by atoms with van der Waals surface area (Å²) in [7, 11) is 1.60. The van der Waals surface area contributed by atoms with E-state index in [1.54, 1.807) is 18.9 Å². The highest BCUT2D eigenvalue weighted by Gasteiger charge is 2.18. The first kappa shape index (κ1) is 13.7. The maximum atomic E-state index is 11.9. The summed E-state index contributed by atoms with van der Waals surface area (Å²) in [5, 5.41) is 0. The van der Waals surface area contributed by atoms with Crippen molar-refractivity contribution in [3.63, 3.8) is 0 Å². The number of furan rings is 1. The lowest BCUT2D eigenvalue weighted by molar-refractivity contribution is -0.133. The Morgan fingerprint density at radius 1 is 1.59 bits per heavy atom. The van der Waals surface area contributed by atoms with Crippen molar-refractivity contribution in [1.82, 2.24) is 4.90 Å². The highest BCUT2D eigenvalue weighted by Crippen LogP contribution is 2.10. The van der Waals surface area contributed by atoms with Gasteiger partial charge in [0.1, 0.15) is 11.5 Å². The lowest BCUT2D eigenvalue weighted by atomic mass is 10.3. The topological polar surface area (TPSA) is 68.7 Å². The van der Waals surface area contributed by atoms with Crippen LogP contribution in [0.4, 0.5) is 0 Å². The average molecular weight is 240 g/mol. The minimum atomic E-state index is -0.511. The van der Waals surface area contributed by atoms with E-state index in [0.29, 0.717) is 19.7 Å². The number of hydrogen-bond donors (Lipinski definition) is 1. The van der Waals surface area contributed by atoms with Gasteiger partial charge in [-0.2, -0.15) is 0 Å². The van der Waals surface area contributed by atoms with E-state index in [1.165, 1.54) is 0 Å². The van der Waals surface area contributed by atoms with E-state index in [0.717, 1.165) is 11.5 Å². The fourth-order valence-electron chi connectivity index (χ4n) is 1.51. The molecule has 1 aromatic heterocycles. The molecule has 1 amide bonds. The van der Waals surface area contributed by atoms with E-state index in [2.05, 4.69) is 0 Å². The molecule has 1 heterocycles. The molecule has 0 fully saturated rings. The Morgan fingerprint density at radius 2 is 2.29 bits per heavy atom. The second kappa shape index (κ2) is 6.42. The molecule has 0 aliphatic heterocycles. The van der Waals surface area contributed by atoms with Crippen LogP contribution in [0.25, 0.3) is 0 Å². The molecule has 0 aliphatic rings. The maximum Gasteiger partial charge on any atom is 0.239 e. The largest absolute Gasteiger partial charge is 0.464 e. The Hall–Kier alpha value is -1.33. The SMILES string of the molecule is COCCN(Cc1ccc(C)o1)C(=O)C(C)N. The van der Waals surface area contributed by atoms with Gasteiger partial charge in [-0.05, 0) is 26.0 Å². The molecule has 0 spiro atoms. The molecule has 0 aromatic carbocycles. The third-order valence-electron chi connectivity index (χ3n) is 2.41. The lowest BCUT2D eigenvalue weighted by Crippen LogP contribution is -2.43. The Morgan fingerprint density at radius 3 is 2.76 bits per heavy atom. The first-order valence-corrected chi connectivity index (χ1v) is 5.63. The van der Waals surface area contributed by atoms with Gasteiger partial charge in [0.25, 0.3) is 0 Å². The van der Waals surface area contributed by atoms with Gasteiger partial charge in [-0.15, -0.1) is 0 Å². The molecular weight excluding hydrogens is 220 g/mol. The first-order valence-electron chi connectivity index (χ1n) is 5.63. The minimum absolute atomic E-state index is 0.101. The molecule has 1 atom stereocenters. The summed E-state index contributed by atoms with van der Waals surface area (Å²) >= 11 is 0. The number of hydrogen-bond acceptors (Lipinski definition) is 4.